The van der Waals surface area contributed by atoms with Crippen molar-refractivity contribution < 1.29 is 4.79 Å². The Balaban J connectivity index is 1.70. The summed E-state index contributed by atoms with van der Waals surface area (Å²) in [7, 11) is 0. The number of thioether (sulfide) groups is 1. The number of hydrogen-bond acceptors (Lipinski definition) is 2. The normalized spacial score (nSPS) is 23.8. The molecule has 0 aliphatic heterocycles. The van der Waals surface area contributed by atoms with Crippen LogP contribution in [0.1, 0.15) is 57.8 Å². The van der Waals surface area contributed by atoms with E-state index in [1.807, 2.05) is 11.8 Å². The summed E-state index contributed by atoms with van der Waals surface area (Å²) in [6.07, 6.45) is 13.5. The highest BCUT2D eigenvalue weighted by Crippen LogP contribution is 2.39. The average molecular weight is 270 g/mol. The summed E-state index contributed by atoms with van der Waals surface area (Å²) in [5.74, 6) is 0. The van der Waals surface area contributed by atoms with Gasteiger partial charge in [-0.3, -0.25) is 0 Å². The molecule has 0 bridgehead atoms. The maximum Gasteiger partial charge on any atom is 0.315 e. The maximum atomic E-state index is 11.9. The van der Waals surface area contributed by atoms with Crippen molar-refractivity contribution in [3.05, 3.63) is 0 Å². The Morgan fingerprint density at radius 3 is 2.44 bits per heavy atom. The van der Waals surface area contributed by atoms with Gasteiger partial charge in [0.25, 0.3) is 0 Å². The first kappa shape index (κ1) is 14.0. The fraction of sp³-hybridized carbons (Fsp3) is 0.929. The molecule has 0 atom stereocenters. The lowest BCUT2D eigenvalue weighted by atomic mass is 9.96. The molecule has 4 heteroatoms. The molecule has 2 fully saturated rings. The lowest BCUT2D eigenvalue weighted by Crippen LogP contribution is -2.47. The van der Waals surface area contributed by atoms with E-state index in [1.165, 1.54) is 44.9 Å². The van der Waals surface area contributed by atoms with E-state index in [1.54, 1.807) is 0 Å². The number of hydrogen-bond donors (Lipinski definition) is 2. The number of carbonyl (C=O) groups excluding carboxylic acids is 1. The summed E-state index contributed by atoms with van der Waals surface area (Å²) < 4.78 is 0.309. The predicted octanol–water partition coefficient (Wildman–Crippen LogP) is 3.29. The molecule has 0 heterocycles. The average Bonchev–Trinajstić information content (AvgIpc) is 2.87. The van der Waals surface area contributed by atoms with Crippen molar-refractivity contribution in [3.63, 3.8) is 0 Å². The Labute approximate surface area is 115 Å². The molecule has 0 saturated heterocycles. The SMILES string of the molecule is CSC1(CNC(=O)NC2CCCCC2)CCCC1. The molecular formula is C14H26N2OS. The van der Waals surface area contributed by atoms with Crippen LogP contribution in [-0.4, -0.2) is 29.6 Å². The Bertz CT molecular complexity index is 271. The number of rotatable bonds is 4. The zero-order valence-corrected chi connectivity index (χ0v) is 12.3. The van der Waals surface area contributed by atoms with Gasteiger partial charge in [-0.25, -0.2) is 4.79 Å². The second-order valence-electron chi connectivity index (χ2n) is 5.76. The molecule has 0 aromatic carbocycles. The fourth-order valence-electron chi connectivity index (χ4n) is 3.20. The Morgan fingerprint density at radius 2 is 1.83 bits per heavy atom. The van der Waals surface area contributed by atoms with Crippen molar-refractivity contribution >= 4 is 17.8 Å². The Morgan fingerprint density at radius 1 is 1.17 bits per heavy atom. The Kier molecular flexibility index (Phi) is 5.22. The third-order valence-electron chi connectivity index (χ3n) is 4.46. The van der Waals surface area contributed by atoms with Crippen molar-refractivity contribution in [1.82, 2.24) is 10.6 Å². The van der Waals surface area contributed by atoms with E-state index in [4.69, 9.17) is 0 Å². The van der Waals surface area contributed by atoms with Crippen LogP contribution in [0, 0.1) is 0 Å². The monoisotopic (exact) mass is 270 g/mol. The minimum Gasteiger partial charge on any atom is -0.337 e. The number of carbonyl (C=O) groups is 1. The van der Waals surface area contributed by atoms with Gasteiger partial charge in [-0.15, -0.1) is 0 Å². The van der Waals surface area contributed by atoms with Gasteiger partial charge < -0.3 is 10.6 Å². The summed E-state index contributed by atoms with van der Waals surface area (Å²) in [5, 5.41) is 6.22. The quantitative estimate of drug-likeness (QED) is 0.823. The summed E-state index contributed by atoms with van der Waals surface area (Å²) in [6, 6.07) is 0.454. The first-order chi connectivity index (χ1) is 8.74. The lowest BCUT2D eigenvalue weighted by Gasteiger charge is -2.28. The highest BCUT2D eigenvalue weighted by Gasteiger charge is 2.33. The van der Waals surface area contributed by atoms with Crippen molar-refractivity contribution in [1.29, 1.82) is 0 Å². The van der Waals surface area contributed by atoms with Crippen molar-refractivity contribution in [3.8, 4) is 0 Å². The molecule has 2 aliphatic rings. The molecule has 0 spiro atoms. The molecule has 18 heavy (non-hydrogen) atoms. The predicted molar refractivity (Wildman–Crippen MR) is 78.1 cm³/mol. The van der Waals surface area contributed by atoms with Gasteiger partial charge in [-0.2, -0.15) is 11.8 Å². The van der Waals surface area contributed by atoms with Crippen molar-refractivity contribution in [2.24, 2.45) is 0 Å². The van der Waals surface area contributed by atoms with Crippen LogP contribution in [0.15, 0.2) is 0 Å². The zero-order chi connectivity index (χ0) is 12.8. The zero-order valence-electron chi connectivity index (χ0n) is 11.5. The maximum absolute atomic E-state index is 11.9. The van der Waals surface area contributed by atoms with Gasteiger partial charge in [-0.05, 0) is 31.9 Å². The second-order valence-corrected chi connectivity index (χ2v) is 7.03. The molecule has 2 saturated carbocycles. The molecule has 2 N–H and O–H groups in total. The minimum atomic E-state index is 0.0437. The van der Waals surface area contributed by atoms with Gasteiger partial charge in [-0.1, -0.05) is 32.1 Å². The number of nitrogens with one attached hydrogen (secondary N) is 2. The van der Waals surface area contributed by atoms with Gasteiger partial charge in [0, 0.05) is 17.3 Å². The van der Waals surface area contributed by atoms with Crippen LogP contribution in [0.2, 0.25) is 0 Å². The van der Waals surface area contributed by atoms with Crippen LogP contribution in [0.5, 0.6) is 0 Å². The van der Waals surface area contributed by atoms with Crippen LogP contribution in [0.4, 0.5) is 4.79 Å². The van der Waals surface area contributed by atoms with Gasteiger partial charge in [0.05, 0.1) is 0 Å². The van der Waals surface area contributed by atoms with E-state index in [0.717, 1.165) is 19.4 Å². The smallest absolute Gasteiger partial charge is 0.315 e. The molecule has 0 radical (unpaired) electrons. The molecule has 2 rings (SSSR count). The third kappa shape index (κ3) is 3.81. The summed E-state index contributed by atoms with van der Waals surface area (Å²) >= 11 is 1.93. The molecule has 0 unspecified atom stereocenters. The molecule has 104 valence electrons. The van der Waals surface area contributed by atoms with Crippen LogP contribution < -0.4 is 10.6 Å². The first-order valence-corrected chi connectivity index (χ1v) is 8.56. The summed E-state index contributed by atoms with van der Waals surface area (Å²) in [6.45, 7) is 0.826. The van der Waals surface area contributed by atoms with Gasteiger partial charge in [0.1, 0.15) is 0 Å². The van der Waals surface area contributed by atoms with Gasteiger partial charge in [0.2, 0.25) is 0 Å². The topological polar surface area (TPSA) is 41.1 Å². The standard InChI is InChI=1S/C14H26N2OS/c1-18-14(9-5-6-10-14)11-15-13(17)16-12-7-3-2-4-8-12/h12H,2-11H2,1H3,(H2,15,16,17). The molecule has 2 aliphatic carbocycles. The molecule has 2 amide bonds. The Hall–Kier alpha value is -0.380. The van der Waals surface area contributed by atoms with E-state index >= 15 is 0 Å². The van der Waals surface area contributed by atoms with Crippen LogP contribution >= 0.6 is 11.8 Å². The van der Waals surface area contributed by atoms with Crippen molar-refractivity contribution in [2.75, 3.05) is 12.8 Å². The van der Waals surface area contributed by atoms with Crippen LogP contribution in [-0.2, 0) is 0 Å². The lowest BCUT2D eigenvalue weighted by molar-refractivity contribution is 0.231. The molecular weight excluding hydrogens is 244 g/mol. The van der Waals surface area contributed by atoms with E-state index in [-0.39, 0.29) is 6.03 Å². The molecule has 3 nitrogen and oxygen atoms in total. The number of urea groups is 1. The molecule has 0 aromatic heterocycles. The third-order valence-corrected chi connectivity index (χ3v) is 5.88. The summed E-state index contributed by atoms with van der Waals surface area (Å²) in [4.78, 5) is 11.9. The van der Waals surface area contributed by atoms with Crippen LogP contribution in [0.25, 0.3) is 0 Å². The fourth-order valence-corrected chi connectivity index (χ4v) is 4.11. The second kappa shape index (κ2) is 6.69. The highest BCUT2D eigenvalue weighted by molar-refractivity contribution is 8.00. The first-order valence-electron chi connectivity index (χ1n) is 7.34. The van der Waals surface area contributed by atoms with E-state index in [0.29, 0.717) is 10.8 Å². The van der Waals surface area contributed by atoms with Crippen molar-refractivity contribution in [2.45, 2.75) is 68.6 Å². The van der Waals surface area contributed by atoms with E-state index in [9.17, 15) is 4.79 Å². The van der Waals surface area contributed by atoms with E-state index < -0.39 is 0 Å². The highest BCUT2D eigenvalue weighted by atomic mass is 32.2. The van der Waals surface area contributed by atoms with Gasteiger partial charge >= 0.3 is 6.03 Å². The van der Waals surface area contributed by atoms with E-state index in [2.05, 4.69) is 16.9 Å². The molecule has 0 aromatic rings. The minimum absolute atomic E-state index is 0.0437. The number of amides is 2. The summed E-state index contributed by atoms with van der Waals surface area (Å²) in [5.41, 5.74) is 0. The van der Waals surface area contributed by atoms with Gasteiger partial charge in [0.15, 0.2) is 0 Å². The largest absolute Gasteiger partial charge is 0.337 e. The van der Waals surface area contributed by atoms with Crippen LogP contribution in [0.3, 0.4) is 0 Å².